The third-order valence-corrected chi connectivity index (χ3v) is 8.88. The number of Topliss-reactive ketones (excluding diaryl/α,β-unsaturated/α-hetero) is 3. The van der Waals surface area contributed by atoms with E-state index in [2.05, 4.69) is 5.32 Å². The minimum atomic E-state index is -1.21. The first kappa shape index (κ1) is 27.8. The normalized spacial score (nSPS) is 28.1. The van der Waals surface area contributed by atoms with E-state index < -0.39 is 47.7 Å². The van der Waals surface area contributed by atoms with E-state index in [1.807, 2.05) is 9.80 Å². The van der Waals surface area contributed by atoms with Crippen LogP contribution < -0.4 is 10.1 Å². The van der Waals surface area contributed by atoms with Crippen LogP contribution in [0.4, 0.5) is 0 Å². The smallest absolute Gasteiger partial charge is 0.287 e. The van der Waals surface area contributed by atoms with Crippen LogP contribution in [0, 0.1) is 6.92 Å². The van der Waals surface area contributed by atoms with Crippen molar-refractivity contribution in [1.82, 2.24) is 15.1 Å². The van der Waals surface area contributed by atoms with Crippen molar-refractivity contribution in [2.45, 2.75) is 57.5 Å². The Balaban J connectivity index is 1.71. The number of aromatic hydroxyl groups is 2. The molecule has 0 aromatic heterocycles. The highest BCUT2D eigenvalue weighted by molar-refractivity contribution is 6.35. The molecular weight excluding hydrogens is 522 g/mol. The molecule has 3 heterocycles. The van der Waals surface area contributed by atoms with E-state index in [0.29, 0.717) is 0 Å². The Morgan fingerprint density at radius 1 is 1.02 bits per heavy atom. The molecule has 1 aromatic carbocycles. The molecule has 12 heteroatoms. The van der Waals surface area contributed by atoms with Gasteiger partial charge in [0.2, 0.25) is 11.6 Å². The van der Waals surface area contributed by atoms with Gasteiger partial charge in [-0.2, -0.15) is 0 Å². The summed E-state index contributed by atoms with van der Waals surface area (Å²) in [7, 11) is 4.47. The number of benzene rings is 1. The number of fused-ring (bicyclic) bond motifs is 6. The number of nitrogens with zero attached hydrogens (tertiary/aromatic N) is 2. The molecule has 0 radical (unpaired) electrons. The summed E-state index contributed by atoms with van der Waals surface area (Å²) in [4.78, 5) is 55.0. The number of rotatable bonds is 5. The lowest BCUT2D eigenvalue weighted by atomic mass is 9.70. The van der Waals surface area contributed by atoms with Crippen molar-refractivity contribution in [2.75, 3.05) is 34.4 Å². The maximum absolute atomic E-state index is 13.7. The predicted octanol–water partition coefficient (Wildman–Crippen LogP) is 0.334. The summed E-state index contributed by atoms with van der Waals surface area (Å²) in [6.07, 6.45) is -1.09. The average molecular weight is 556 g/mol. The monoisotopic (exact) mass is 555 g/mol. The third-order valence-electron chi connectivity index (χ3n) is 8.88. The molecule has 0 saturated carbocycles. The number of hydrogen-bond donors (Lipinski definition) is 4. The van der Waals surface area contributed by atoms with Crippen molar-refractivity contribution in [3.63, 3.8) is 0 Å². The van der Waals surface area contributed by atoms with Crippen LogP contribution in [0.5, 0.6) is 17.2 Å². The molecule has 5 rings (SSSR count). The van der Waals surface area contributed by atoms with Crippen molar-refractivity contribution in [3.8, 4) is 17.2 Å². The van der Waals surface area contributed by atoms with Gasteiger partial charge in [0.1, 0.15) is 5.75 Å². The molecule has 2 bridgehead atoms. The number of allylic oxidation sites excluding steroid dienone is 2. The van der Waals surface area contributed by atoms with Gasteiger partial charge < -0.3 is 30.1 Å². The molecule has 0 unspecified atom stereocenters. The molecule has 40 heavy (non-hydrogen) atoms. The second kappa shape index (κ2) is 9.72. The Hall–Kier alpha value is -3.74. The van der Waals surface area contributed by atoms with Crippen molar-refractivity contribution < 1.29 is 44.0 Å². The van der Waals surface area contributed by atoms with Gasteiger partial charge in [-0.05, 0) is 27.3 Å². The molecule has 5 atom stereocenters. The zero-order chi connectivity index (χ0) is 29.4. The Kier molecular flexibility index (Phi) is 6.76. The number of piperazine rings is 1. The molecule has 1 aromatic rings. The van der Waals surface area contributed by atoms with Gasteiger partial charge in [0.25, 0.3) is 5.91 Å². The Labute approximate surface area is 230 Å². The molecule has 12 nitrogen and oxygen atoms in total. The molecule has 214 valence electrons. The van der Waals surface area contributed by atoms with E-state index in [4.69, 9.17) is 9.47 Å². The fraction of sp³-hybridized carbons (Fsp3) is 0.500. The summed E-state index contributed by atoms with van der Waals surface area (Å²) in [6, 6.07) is -2.55. The summed E-state index contributed by atoms with van der Waals surface area (Å²) >= 11 is 0. The van der Waals surface area contributed by atoms with Crippen LogP contribution in [0.3, 0.4) is 0 Å². The summed E-state index contributed by atoms with van der Waals surface area (Å²) in [5.74, 6) is -2.78. The zero-order valence-electron chi connectivity index (χ0n) is 23.2. The van der Waals surface area contributed by atoms with E-state index in [9.17, 15) is 34.5 Å². The van der Waals surface area contributed by atoms with E-state index >= 15 is 0 Å². The van der Waals surface area contributed by atoms with Crippen LogP contribution in [-0.2, 0) is 23.9 Å². The number of carbonyl (C=O) groups excluding carboxylic acids is 4. The quantitative estimate of drug-likeness (QED) is 0.225. The van der Waals surface area contributed by atoms with Crippen LogP contribution in [0.15, 0.2) is 22.5 Å². The Morgan fingerprint density at radius 3 is 2.30 bits per heavy atom. The number of phenols is 2. The number of aliphatic hydroxyl groups excluding tert-OH is 1. The van der Waals surface area contributed by atoms with Crippen molar-refractivity contribution in [1.29, 1.82) is 0 Å². The first-order valence-corrected chi connectivity index (χ1v) is 13.0. The van der Waals surface area contributed by atoms with Gasteiger partial charge in [-0.1, -0.05) is 0 Å². The molecule has 4 N–H and O–H groups in total. The Bertz CT molecular complexity index is 1430. The number of hydrogen-bond acceptors (Lipinski definition) is 11. The maximum Gasteiger partial charge on any atom is 0.287 e. The fourth-order valence-electron chi connectivity index (χ4n) is 6.94. The van der Waals surface area contributed by atoms with E-state index in [1.165, 1.54) is 21.1 Å². The molecule has 1 saturated heterocycles. The SMILES string of the molecule is COC1=C(C)C(=O)C2=C(C1=O)[C@H](CNC(=O)C(C)=O)N1C[C@H]3[C@@H](O)c4c(O)c(C)c(OC)c(O)c4[C@@H]([C@@H]1C2)N3C. The first-order chi connectivity index (χ1) is 18.9. The van der Waals surface area contributed by atoms with Crippen LogP contribution in [0.25, 0.3) is 0 Å². The summed E-state index contributed by atoms with van der Waals surface area (Å²) in [5.41, 5.74) is 1.39. The number of methoxy groups -OCH3 is 2. The lowest BCUT2D eigenvalue weighted by Gasteiger charge is -2.59. The second-order valence-corrected chi connectivity index (χ2v) is 10.8. The van der Waals surface area contributed by atoms with Gasteiger partial charge in [-0.25, -0.2) is 0 Å². The van der Waals surface area contributed by atoms with Gasteiger partial charge in [0, 0.05) is 59.5 Å². The van der Waals surface area contributed by atoms with Crippen molar-refractivity contribution >= 4 is 23.3 Å². The van der Waals surface area contributed by atoms with E-state index in [0.717, 1.165) is 6.92 Å². The minimum Gasteiger partial charge on any atom is -0.507 e. The van der Waals surface area contributed by atoms with Crippen LogP contribution in [0.1, 0.15) is 49.1 Å². The number of likely N-dealkylation sites (N-methyl/N-ethyl adjacent to an activating group) is 1. The fourth-order valence-corrected chi connectivity index (χ4v) is 6.94. The number of ether oxygens (including phenoxy) is 2. The van der Waals surface area contributed by atoms with Crippen molar-refractivity contribution in [2.24, 2.45) is 0 Å². The molecule has 3 aliphatic heterocycles. The second-order valence-electron chi connectivity index (χ2n) is 10.8. The number of aliphatic hydroxyl groups is 1. The zero-order valence-corrected chi connectivity index (χ0v) is 23.2. The Morgan fingerprint density at radius 2 is 1.70 bits per heavy atom. The maximum atomic E-state index is 13.7. The number of nitrogens with one attached hydrogen (secondary N) is 1. The number of carbonyl (C=O) groups is 4. The summed E-state index contributed by atoms with van der Waals surface area (Å²) in [5, 5.41) is 36.5. The number of amides is 1. The molecule has 4 aliphatic rings. The van der Waals surface area contributed by atoms with Gasteiger partial charge in [-0.3, -0.25) is 29.0 Å². The van der Waals surface area contributed by atoms with Crippen LogP contribution >= 0.6 is 0 Å². The van der Waals surface area contributed by atoms with Gasteiger partial charge in [-0.15, -0.1) is 0 Å². The third kappa shape index (κ3) is 3.70. The summed E-state index contributed by atoms with van der Waals surface area (Å²) < 4.78 is 10.7. The highest BCUT2D eigenvalue weighted by Crippen LogP contribution is 2.57. The van der Waals surface area contributed by atoms with Crippen LogP contribution in [0.2, 0.25) is 0 Å². The van der Waals surface area contributed by atoms with Gasteiger partial charge in [0.05, 0.1) is 38.4 Å². The number of ketones is 3. The molecule has 1 fully saturated rings. The highest BCUT2D eigenvalue weighted by Gasteiger charge is 2.56. The minimum absolute atomic E-state index is 0.0702. The molecule has 1 amide bonds. The lowest BCUT2D eigenvalue weighted by Crippen LogP contribution is -2.68. The standard InChI is InChI=1S/C28H33N3O9/c1-10-21(33)13-7-14-20-18-19(22(34)11(2)27(40-6)25(18)37)23(35)16(30(20)4)9-31(14)15(8-29-28(38)12(3)32)17(13)24(36)26(10)39-5/h14-16,20,23,34-35,37H,7-9H2,1-6H3,(H,29,38)/t14-,15-,16-,20+,23+/m0/s1. The van der Waals surface area contributed by atoms with E-state index in [-0.39, 0.29) is 81.7 Å². The molecular formula is C28H33N3O9. The number of phenolic OH excluding ortho intramolecular Hbond substituents is 2. The topological polar surface area (TPSA) is 166 Å². The van der Waals surface area contributed by atoms with Gasteiger partial charge >= 0.3 is 0 Å². The lowest BCUT2D eigenvalue weighted by molar-refractivity contribution is -0.137. The molecule has 0 spiro atoms. The van der Waals surface area contributed by atoms with Crippen molar-refractivity contribution in [3.05, 3.63) is 39.2 Å². The van der Waals surface area contributed by atoms with Crippen LogP contribution in [-0.4, -0.2) is 101 Å². The first-order valence-electron chi connectivity index (χ1n) is 13.0. The van der Waals surface area contributed by atoms with Gasteiger partial charge in [0.15, 0.2) is 23.0 Å². The predicted molar refractivity (Wildman–Crippen MR) is 140 cm³/mol. The largest absolute Gasteiger partial charge is 0.507 e. The molecule has 1 aliphatic carbocycles. The average Bonchev–Trinajstić information content (AvgIpc) is 2.91. The van der Waals surface area contributed by atoms with E-state index in [1.54, 1.807) is 14.0 Å². The highest BCUT2D eigenvalue weighted by atomic mass is 16.5. The summed E-state index contributed by atoms with van der Waals surface area (Å²) in [6.45, 7) is 4.29.